The Bertz CT molecular complexity index is 822. The number of hydrogen-bond donors (Lipinski definition) is 1. The maximum absolute atomic E-state index is 13.2. The zero-order chi connectivity index (χ0) is 18.9. The van der Waals surface area contributed by atoms with Gasteiger partial charge in [0.25, 0.3) is 5.91 Å². The molecule has 0 spiro atoms. The lowest BCUT2D eigenvalue weighted by Crippen LogP contribution is -2.61. The van der Waals surface area contributed by atoms with Gasteiger partial charge >= 0.3 is 0 Å². The third kappa shape index (κ3) is 2.49. The molecule has 1 aromatic carbocycles. The molecule has 1 heterocycles. The van der Waals surface area contributed by atoms with Gasteiger partial charge in [0.15, 0.2) is 11.5 Å². The van der Waals surface area contributed by atoms with E-state index in [1.165, 1.54) is 26.2 Å². The Morgan fingerprint density at radius 1 is 1.07 bits per heavy atom. The lowest BCUT2D eigenvalue weighted by molar-refractivity contribution is -0.150. The Kier molecular flexibility index (Phi) is 3.74. The van der Waals surface area contributed by atoms with Crippen LogP contribution in [0, 0.1) is 17.8 Å². The van der Waals surface area contributed by atoms with Crippen LogP contribution in [0.2, 0.25) is 5.02 Å². The summed E-state index contributed by atoms with van der Waals surface area (Å²) in [6.45, 7) is 1.44. The van der Waals surface area contributed by atoms with Crippen LogP contribution < -0.4 is 0 Å². The monoisotopic (exact) mass is 385 g/mol. The summed E-state index contributed by atoms with van der Waals surface area (Å²) in [5, 5.41) is 11.2. The fourth-order valence-electron chi connectivity index (χ4n) is 6.77. The highest BCUT2D eigenvalue weighted by atomic mass is 35.5. The first-order chi connectivity index (χ1) is 12.9. The maximum atomic E-state index is 13.2. The molecule has 4 bridgehead atoms. The van der Waals surface area contributed by atoms with Crippen LogP contribution in [0.25, 0.3) is 0 Å². The van der Waals surface area contributed by atoms with Crippen molar-refractivity contribution in [2.45, 2.75) is 57.0 Å². The maximum Gasteiger partial charge on any atom is 0.290 e. The Labute approximate surface area is 164 Å². The Morgan fingerprint density at radius 3 is 2.07 bits per heavy atom. The average molecular weight is 386 g/mol. The van der Waals surface area contributed by atoms with Gasteiger partial charge in [0.05, 0.1) is 11.6 Å². The average Bonchev–Trinajstić information content (AvgIpc) is 2.86. The molecule has 0 unspecified atom stereocenters. The number of nitrogens with zero attached hydrogens (tertiary/aromatic N) is 1. The molecule has 4 aliphatic carbocycles. The van der Waals surface area contributed by atoms with Crippen LogP contribution in [0.1, 0.15) is 57.1 Å². The molecule has 27 heavy (non-hydrogen) atoms. The second-order valence-electron chi connectivity index (χ2n) is 9.09. The number of benzene rings is 1. The second-order valence-corrected chi connectivity index (χ2v) is 9.53. The van der Waals surface area contributed by atoms with E-state index in [0.717, 1.165) is 24.8 Å². The molecule has 1 N–H and O–H groups in total. The number of aliphatic hydroxyl groups excluding tert-OH is 1. The summed E-state index contributed by atoms with van der Waals surface area (Å²) in [6, 6.07) is 6.80. The molecule has 1 amide bonds. The Morgan fingerprint density at radius 2 is 1.59 bits per heavy atom. The van der Waals surface area contributed by atoms with E-state index in [0.29, 0.717) is 22.8 Å². The number of halogens is 1. The van der Waals surface area contributed by atoms with Crippen molar-refractivity contribution in [3.63, 3.8) is 0 Å². The van der Waals surface area contributed by atoms with Crippen LogP contribution >= 0.6 is 11.6 Å². The molecule has 4 saturated carbocycles. The summed E-state index contributed by atoms with van der Waals surface area (Å²) in [5.41, 5.74) is 0.845. The normalized spacial score (nSPS) is 37.4. The van der Waals surface area contributed by atoms with Crippen molar-refractivity contribution in [2.75, 3.05) is 0 Å². The van der Waals surface area contributed by atoms with Gasteiger partial charge in [-0.15, -0.1) is 0 Å². The molecule has 0 radical (unpaired) electrons. The SMILES string of the molecule is CC(=O)C1=C(O)C(=O)N(C23CC4CC(CC(C4)C2)C3)[C@H]1c1ccc(Cl)cc1. The van der Waals surface area contributed by atoms with E-state index in [2.05, 4.69) is 0 Å². The van der Waals surface area contributed by atoms with E-state index in [1.807, 2.05) is 17.0 Å². The Balaban J connectivity index is 1.63. The topological polar surface area (TPSA) is 57.6 Å². The van der Waals surface area contributed by atoms with E-state index < -0.39 is 6.04 Å². The minimum Gasteiger partial charge on any atom is -0.503 e. The molecule has 1 atom stereocenters. The number of carbonyl (C=O) groups is 2. The number of carbonyl (C=O) groups excluding carboxylic acids is 2. The molecule has 0 saturated heterocycles. The summed E-state index contributed by atoms with van der Waals surface area (Å²) in [4.78, 5) is 27.5. The smallest absolute Gasteiger partial charge is 0.290 e. The van der Waals surface area contributed by atoms with Gasteiger partial charge in [-0.1, -0.05) is 23.7 Å². The van der Waals surface area contributed by atoms with Gasteiger partial charge in [-0.25, -0.2) is 0 Å². The fourth-order valence-corrected chi connectivity index (χ4v) is 6.90. The van der Waals surface area contributed by atoms with Crippen molar-refractivity contribution in [3.8, 4) is 0 Å². The first kappa shape index (κ1) is 17.3. The number of aliphatic hydroxyl groups is 1. The van der Waals surface area contributed by atoms with Crippen molar-refractivity contribution < 1.29 is 14.7 Å². The zero-order valence-corrected chi connectivity index (χ0v) is 16.2. The molecule has 4 fully saturated rings. The predicted octanol–water partition coefficient (Wildman–Crippen LogP) is 4.59. The number of rotatable bonds is 3. The molecular weight excluding hydrogens is 362 g/mol. The molecule has 5 aliphatic rings. The minimum absolute atomic E-state index is 0.234. The highest BCUT2D eigenvalue weighted by Crippen LogP contribution is 2.60. The van der Waals surface area contributed by atoms with Crippen LogP contribution in [-0.2, 0) is 9.59 Å². The van der Waals surface area contributed by atoms with Gasteiger partial charge in [-0.05, 0) is 80.9 Å². The van der Waals surface area contributed by atoms with Gasteiger partial charge in [-0.3, -0.25) is 9.59 Å². The van der Waals surface area contributed by atoms with Crippen molar-refractivity contribution in [1.82, 2.24) is 4.90 Å². The highest BCUT2D eigenvalue weighted by molar-refractivity contribution is 6.30. The lowest BCUT2D eigenvalue weighted by Gasteiger charge is -2.60. The zero-order valence-electron chi connectivity index (χ0n) is 15.5. The summed E-state index contributed by atoms with van der Waals surface area (Å²) >= 11 is 6.06. The van der Waals surface area contributed by atoms with Crippen LogP contribution in [-0.4, -0.2) is 27.2 Å². The van der Waals surface area contributed by atoms with E-state index in [1.54, 1.807) is 12.1 Å². The first-order valence-corrected chi connectivity index (χ1v) is 10.3. The number of amides is 1. The summed E-state index contributed by atoms with van der Waals surface area (Å²) in [5.74, 6) is 1.02. The highest BCUT2D eigenvalue weighted by Gasteiger charge is 2.59. The van der Waals surface area contributed by atoms with Crippen molar-refractivity contribution in [1.29, 1.82) is 0 Å². The lowest BCUT2D eigenvalue weighted by atomic mass is 9.52. The number of hydrogen-bond acceptors (Lipinski definition) is 3. The quantitative estimate of drug-likeness (QED) is 0.827. The van der Waals surface area contributed by atoms with Gasteiger partial charge in [0.1, 0.15) is 0 Å². The first-order valence-electron chi connectivity index (χ1n) is 9.91. The molecule has 1 aliphatic heterocycles. The molecule has 5 heteroatoms. The Hall–Kier alpha value is -1.81. The third-order valence-electron chi connectivity index (χ3n) is 7.29. The second kappa shape index (κ2) is 5.84. The van der Waals surface area contributed by atoms with E-state index >= 15 is 0 Å². The molecular formula is C22H24ClNO3. The van der Waals surface area contributed by atoms with E-state index in [-0.39, 0.29) is 28.6 Å². The fraction of sp³-hybridized carbons (Fsp3) is 0.545. The van der Waals surface area contributed by atoms with Gasteiger partial charge in [0.2, 0.25) is 0 Å². The van der Waals surface area contributed by atoms with Crippen LogP contribution in [0.5, 0.6) is 0 Å². The summed E-state index contributed by atoms with van der Waals surface area (Å²) < 4.78 is 0. The van der Waals surface area contributed by atoms with Crippen molar-refractivity contribution in [3.05, 3.63) is 46.2 Å². The van der Waals surface area contributed by atoms with E-state index in [4.69, 9.17) is 11.6 Å². The van der Waals surface area contributed by atoms with Crippen molar-refractivity contribution >= 4 is 23.3 Å². The number of Topliss-reactive ketones (excluding diaryl/α,β-unsaturated/α-hetero) is 1. The summed E-state index contributed by atoms with van der Waals surface area (Å²) in [7, 11) is 0. The van der Waals surface area contributed by atoms with Gasteiger partial charge in [-0.2, -0.15) is 0 Å². The van der Waals surface area contributed by atoms with Gasteiger partial charge in [0, 0.05) is 10.6 Å². The standard InChI is InChI=1S/C22H24ClNO3/c1-12(25)18-19(16-2-4-17(23)5-3-16)24(21(27)20(18)26)22-9-13-6-14(10-22)8-15(7-13)11-22/h2-5,13-15,19,26H,6-11H2,1H3/t13?,14?,15?,19-,22?/m0/s1. The van der Waals surface area contributed by atoms with Crippen LogP contribution in [0.3, 0.4) is 0 Å². The van der Waals surface area contributed by atoms with Crippen LogP contribution in [0.4, 0.5) is 0 Å². The van der Waals surface area contributed by atoms with Crippen LogP contribution in [0.15, 0.2) is 35.6 Å². The third-order valence-corrected chi connectivity index (χ3v) is 7.54. The van der Waals surface area contributed by atoms with Gasteiger partial charge < -0.3 is 10.0 Å². The molecule has 142 valence electrons. The molecule has 6 rings (SSSR count). The van der Waals surface area contributed by atoms with E-state index in [9.17, 15) is 14.7 Å². The molecule has 1 aromatic rings. The molecule has 0 aromatic heterocycles. The minimum atomic E-state index is -0.511. The summed E-state index contributed by atoms with van der Waals surface area (Å²) in [6.07, 6.45) is 6.79. The van der Waals surface area contributed by atoms with Crippen molar-refractivity contribution in [2.24, 2.45) is 17.8 Å². The largest absolute Gasteiger partial charge is 0.503 e. The number of ketones is 1. The predicted molar refractivity (Wildman–Crippen MR) is 102 cm³/mol. The molecule has 4 nitrogen and oxygen atoms in total.